The molecule has 2 atom stereocenters. The summed E-state index contributed by atoms with van der Waals surface area (Å²) in [6.07, 6.45) is 0. The van der Waals surface area contributed by atoms with E-state index in [2.05, 4.69) is 35.1 Å². The van der Waals surface area contributed by atoms with Crippen molar-refractivity contribution < 1.29 is 4.74 Å². The van der Waals surface area contributed by atoms with Crippen molar-refractivity contribution in [3.8, 4) is 5.75 Å². The summed E-state index contributed by atoms with van der Waals surface area (Å²) >= 11 is 3.49. The highest BCUT2D eigenvalue weighted by Crippen LogP contribution is 2.08. The first kappa shape index (κ1) is 13.5. The maximum atomic E-state index is 5.60. The molecule has 0 saturated heterocycles. The van der Waals surface area contributed by atoms with Gasteiger partial charge in [-0.05, 0) is 25.0 Å². The molecule has 0 bridgehead atoms. The van der Waals surface area contributed by atoms with E-state index in [0.29, 0.717) is 18.6 Å². The molecule has 0 saturated carbocycles. The average Bonchev–Trinajstić information content (AvgIpc) is 2.34. The van der Waals surface area contributed by atoms with Crippen LogP contribution in [-0.4, -0.2) is 24.5 Å². The molecule has 0 amide bonds. The van der Waals surface area contributed by atoms with Crippen molar-refractivity contribution in [1.29, 1.82) is 0 Å². The molecule has 1 aromatic rings. The Morgan fingerprint density at radius 3 is 2.56 bits per heavy atom. The van der Waals surface area contributed by atoms with Crippen LogP contribution in [0.1, 0.15) is 13.8 Å². The van der Waals surface area contributed by atoms with E-state index >= 15 is 0 Å². The third-order valence-electron chi connectivity index (χ3n) is 2.68. The molecule has 0 aromatic heterocycles. The number of hydrogen-bond donors (Lipinski definition) is 1. The standard InChI is InChI=1S/C13H20BrNO/c1-11(10-14)12(2)15-8-9-16-13-6-4-3-5-7-13/h3-7,11-12,15H,8-10H2,1-2H3. The van der Waals surface area contributed by atoms with Gasteiger partial charge in [-0.25, -0.2) is 0 Å². The van der Waals surface area contributed by atoms with Crippen molar-refractivity contribution in [2.24, 2.45) is 5.92 Å². The topological polar surface area (TPSA) is 21.3 Å². The monoisotopic (exact) mass is 285 g/mol. The second-order valence-electron chi connectivity index (χ2n) is 4.04. The predicted molar refractivity (Wildman–Crippen MR) is 72.4 cm³/mol. The molecule has 0 radical (unpaired) electrons. The highest BCUT2D eigenvalue weighted by atomic mass is 79.9. The molecule has 0 spiro atoms. The summed E-state index contributed by atoms with van der Waals surface area (Å²) in [5.41, 5.74) is 0. The van der Waals surface area contributed by atoms with Crippen LogP contribution >= 0.6 is 15.9 Å². The van der Waals surface area contributed by atoms with E-state index in [1.54, 1.807) is 0 Å². The Labute approximate surface area is 107 Å². The molecule has 0 fully saturated rings. The van der Waals surface area contributed by atoms with Crippen LogP contribution in [0.15, 0.2) is 30.3 Å². The van der Waals surface area contributed by atoms with E-state index in [1.807, 2.05) is 30.3 Å². The van der Waals surface area contributed by atoms with Crippen LogP contribution in [0, 0.1) is 5.92 Å². The first-order chi connectivity index (χ1) is 7.74. The van der Waals surface area contributed by atoms with Crippen molar-refractivity contribution in [2.75, 3.05) is 18.5 Å². The lowest BCUT2D eigenvalue weighted by molar-refractivity contribution is 0.297. The van der Waals surface area contributed by atoms with E-state index in [9.17, 15) is 0 Å². The maximum Gasteiger partial charge on any atom is 0.119 e. The molecule has 0 aliphatic rings. The van der Waals surface area contributed by atoms with Gasteiger partial charge in [0.25, 0.3) is 0 Å². The van der Waals surface area contributed by atoms with E-state index in [1.165, 1.54) is 0 Å². The number of nitrogens with one attached hydrogen (secondary N) is 1. The normalized spacial score (nSPS) is 14.4. The summed E-state index contributed by atoms with van der Waals surface area (Å²) in [6.45, 7) is 6.02. The molecule has 90 valence electrons. The van der Waals surface area contributed by atoms with Crippen molar-refractivity contribution >= 4 is 15.9 Å². The third-order valence-corrected chi connectivity index (χ3v) is 3.70. The number of hydrogen-bond acceptors (Lipinski definition) is 2. The van der Waals surface area contributed by atoms with Crippen LogP contribution in [0.3, 0.4) is 0 Å². The van der Waals surface area contributed by atoms with Gasteiger partial charge < -0.3 is 10.1 Å². The van der Waals surface area contributed by atoms with Gasteiger partial charge in [0.1, 0.15) is 12.4 Å². The van der Waals surface area contributed by atoms with Crippen LogP contribution in [0.5, 0.6) is 5.75 Å². The fraction of sp³-hybridized carbons (Fsp3) is 0.538. The first-order valence-corrected chi connectivity index (χ1v) is 6.83. The fourth-order valence-corrected chi connectivity index (χ4v) is 1.87. The number of para-hydroxylation sites is 1. The number of halogens is 1. The lowest BCUT2D eigenvalue weighted by Gasteiger charge is -2.19. The first-order valence-electron chi connectivity index (χ1n) is 5.71. The van der Waals surface area contributed by atoms with Gasteiger partial charge in [0.05, 0.1) is 0 Å². The SMILES string of the molecule is CC(CBr)C(C)NCCOc1ccccc1. The Balaban J connectivity index is 2.13. The van der Waals surface area contributed by atoms with E-state index in [4.69, 9.17) is 4.74 Å². The average molecular weight is 286 g/mol. The highest BCUT2D eigenvalue weighted by Gasteiger charge is 2.09. The van der Waals surface area contributed by atoms with Crippen LogP contribution < -0.4 is 10.1 Å². The Kier molecular flexibility index (Phi) is 6.50. The Morgan fingerprint density at radius 1 is 1.25 bits per heavy atom. The summed E-state index contributed by atoms with van der Waals surface area (Å²) in [7, 11) is 0. The van der Waals surface area contributed by atoms with Gasteiger partial charge in [0, 0.05) is 17.9 Å². The minimum Gasteiger partial charge on any atom is -0.492 e. The highest BCUT2D eigenvalue weighted by molar-refractivity contribution is 9.09. The van der Waals surface area contributed by atoms with Gasteiger partial charge in [-0.15, -0.1) is 0 Å². The molecule has 1 N–H and O–H groups in total. The minimum absolute atomic E-state index is 0.513. The quantitative estimate of drug-likeness (QED) is 0.614. The second-order valence-corrected chi connectivity index (χ2v) is 4.68. The number of alkyl halides is 1. The minimum atomic E-state index is 0.513. The largest absolute Gasteiger partial charge is 0.492 e. The molecule has 0 heterocycles. The van der Waals surface area contributed by atoms with Crippen LogP contribution in [0.25, 0.3) is 0 Å². The van der Waals surface area contributed by atoms with Gasteiger partial charge in [-0.1, -0.05) is 41.1 Å². The van der Waals surface area contributed by atoms with E-state index in [0.717, 1.165) is 17.6 Å². The Bertz CT molecular complexity index is 279. The zero-order valence-electron chi connectivity index (χ0n) is 9.95. The second kappa shape index (κ2) is 7.69. The molecule has 1 rings (SSSR count). The summed E-state index contributed by atoms with van der Waals surface area (Å²) in [4.78, 5) is 0. The van der Waals surface area contributed by atoms with E-state index < -0.39 is 0 Å². The Morgan fingerprint density at radius 2 is 1.94 bits per heavy atom. The summed E-state index contributed by atoms with van der Waals surface area (Å²) in [5, 5.41) is 4.48. The van der Waals surface area contributed by atoms with Crippen LogP contribution in [0.2, 0.25) is 0 Å². The lowest BCUT2D eigenvalue weighted by atomic mass is 10.1. The third kappa shape index (κ3) is 4.99. The van der Waals surface area contributed by atoms with E-state index in [-0.39, 0.29) is 0 Å². The zero-order valence-corrected chi connectivity index (χ0v) is 11.5. The molecule has 16 heavy (non-hydrogen) atoms. The van der Waals surface area contributed by atoms with Crippen molar-refractivity contribution in [3.63, 3.8) is 0 Å². The van der Waals surface area contributed by atoms with Crippen molar-refractivity contribution in [2.45, 2.75) is 19.9 Å². The molecule has 2 nitrogen and oxygen atoms in total. The summed E-state index contributed by atoms with van der Waals surface area (Å²) in [5.74, 6) is 1.57. The van der Waals surface area contributed by atoms with Gasteiger partial charge in [-0.3, -0.25) is 0 Å². The smallest absolute Gasteiger partial charge is 0.119 e. The van der Waals surface area contributed by atoms with Gasteiger partial charge in [0.15, 0.2) is 0 Å². The molecule has 3 heteroatoms. The fourth-order valence-electron chi connectivity index (χ4n) is 1.31. The van der Waals surface area contributed by atoms with Gasteiger partial charge in [0.2, 0.25) is 0 Å². The molecular formula is C13H20BrNO. The van der Waals surface area contributed by atoms with Crippen LogP contribution in [-0.2, 0) is 0 Å². The van der Waals surface area contributed by atoms with Crippen molar-refractivity contribution in [1.82, 2.24) is 5.32 Å². The zero-order chi connectivity index (χ0) is 11.8. The predicted octanol–water partition coefficient (Wildman–Crippen LogP) is 3.07. The summed E-state index contributed by atoms with van der Waals surface area (Å²) in [6, 6.07) is 10.4. The number of ether oxygens (including phenoxy) is 1. The van der Waals surface area contributed by atoms with Crippen LogP contribution in [0.4, 0.5) is 0 Å². The molecule has 0 aliphatic heterocycles. The molecular weight excluding hydrogens is 266 g/mol. The summed E-state index contributed by atoms with van der Waals surface area (Å²) < 4.78 is 5.60. The molecule has 0 aliphatic carbocycles. The number of rotatable bonds is 7. The van der Waals surface area contributed by atoms with Crippen molar-refractivity contribution in [3.05, 3.63) is 30.3 Å². The molecule has 2 unspecified atom stereocenters. The number of benzene rings is 1. The van der Waals surface area contributed by atoms with Gasteiger partial charge in [-0.2, -0.15) is 0 Å². The maximum absolute atomic E-state index is 5.60. The molecule has 1 aromatic carbocycles. The van der Waals surface area contributed by atoms with Gasteiger partial charge >= 0.3 is 0 Å². The lowest BCUT2D eigenvalue weighted by Crippen LogP contribution is -2.35. The Hall–Kier alpha value is -0.540.